The Kier molecular flexibility index (Phi) is 8.18. The normalized spacial score (nSPS) is 16.5. The third-order valence-electron chi connectivity index (χ3n) is 5.54. The zero-order valence-electron chi connectivity index (χ0n) is 16.3. The van der Waals surface area contributed by atoms with Crippen LogP contribution in [-0.4, -0.2) is 19.4 Å². The van der Waals surface area contributed by atoms with Gasteiger partial charge in [-0.25, -0.2) is 8.42 Å². The Morgan fingerprint density at radius 3 is 1.85 bits per heavy atom. The van der Waals surface area contributed by atoms with Crippen LogP contribution in [0, 0.1) is 17.8 Å². The number of sulfone groups is 1. The maximum atomic E-state index is 12.6. The van der Waals surface area contributed by atoms with Gasteiger partial charge in [0, 0.05) is 0 Å². The predicted octanol–water partition coefficient (Wildman–Crippen LogP) is 5.76. The first-order chi connectivity index (χ1) is 11.8. The fourth-order valence-corrected chi connectivity index (χ4v) is 4.10. The Labute approximate surface area is 156 Å². The maximum absolute atomic E-state index is 12.6. The standard InChI is InChI=1S/C20H31F3O2S/c1-14(2)26(24,25)13-12-16(4)17(5)15(3)6-7-18-8-10-19(11-9-18)20(21,22)23/h8-11,14-17H,6-7,12-13H2,1-5H3. The molecule has 2 nitrogen and oxygen atoms in total. The highest BCUT2D eigenvalue weighted by Gasteiger charge is 2.30. The number of alkyl halides is 3. The molecule has 1 aromatic rings. The van der Waals surface area contributed by atoms with E-state index in [1.54, 1.807) is 26.0 Å². The van der Waals surface area contributed by atoms with Gasteiger partial charge in [0.05, 0.1) is 16.6 Å². The number of rotatable bonds is 9. The molecule has 0 aliphatic heterocycles. The number of halogens is 3. The molecular weight excluding hydrogens is 361 g/mol. The Balaban J connectivity index is 2.52. The molecule has 0 heterocycles. The molecule has 0 amide bonds. The van der Waals surface area contributed by atoms with Crippen LogP contribution in [0.15, 0.2) is 24.3 Å². The van der Waals surface area contributed by atoms with Crippen molar-refractivity contribution in [2.24, 2.45) is 17.8 Å². The average molecular weight is 393 g/mol. The van der Waals surface area contributed by atoms with Crippen LogP contribution < -0.4 is 0 Å². The topological polar surface area (TPSA) is 34.1 Å². The first-order valence-corrected chi connectivity index (χ1v) is 10.9. The Hall–Kier alpha value is -1.04. The summed E-state index contributed by atoms with van der Waals surface area (Å²) in [6.07, 6.45) is -2.06. The first kappa shape index (κ1) is 23.0. The summed E-state index contributed by atoms with van der Waals surface area (Å²) >= 11 is 0. The molecular formula is C20H31F3O2S. The van der Waals surface area contributed by atoms with Crippen LogP contribution in [0.3, 0.4) is 0 Å². The monoisotopic (exact) mass is 392 g/mol. The summed E-state index contributed by atoms with van der Waals surface area (Å²) in [7, 11) is -3.02. The second-order valence-corrected chi connectivity index (χ2v) is 10.4. The molecule has 0 fully saturated rings. The van der Waals surface area contributed by atoms with Gasteiger partial charge in [-0.1, -0.05) is 32.9 Å². The summed E-state index contributed by atoms with van der Waals surface area (Å²) in [6.45, 7) is 9.74. The summed E-state index contributed by atoms with van der Waals surface area (Å²) in [5.41, 5.74) is 0.273. The van der Waals surface area contributed by atoms with E-state index < -0.39 is 21.6 Å². The summed E-state index contributed by atoms with van der Waals surface area (Å²) in [4.78, 5) is 0. The molecule has 0 spiro atoms. The lowest BCUT2D eigenvalue weighted by molar-refractivity contribution is -0.137. The van der Waals surface area contributed by atoms with E-state index >= 15 is 0 Å². The van der Waals surface area contributed by atoms with E-state index in [4.69, 9.17) is 0 Å². The van der Waals surface area contributed by atoms with Crippen molar-refractivity contribution in [1.29, 1.82) is 0 Å². The van der Waals surface area contributed by atoms with Crippen LogP contribution in [0.1, 0.15) is 58.6 Å². The van der Waals surface area contributed by atoms with Crippen LogP contribution in [0.2, 0.25) is 0 Å². The fraction of sp³-hybridized carbons (Fsp3) is 0.700. The summed E-state index contributed by atoms with van der Waals surface area (Å²) < 4.78 is 61.7. The largest absolute Gasteiger partial charge is 0.416 e. The van der Waals surface area contributed by atoms with Crippen LogP contribution in [-0.2, 0) is 22.4 Å². The number of hydrogen-bond acceptors (Lipinski definition) is 2. The molecule has 3 atom stereocenters. The average Bonchev–Trinajstić information content (AvgIpc) is 2.56. The quantitative estimate of drug-likeness (QED) is 0.535. The second-order valence-electron chi connectivity index (χ2n) is 7.75. The minimum atomic E-state index is -4.30. The lowest BCUT2D eigenvalue weighted by Gasteiger charge is -2.26. The molecule has 0 bridgehead atoms. The molecule has 26 heavy (non-hydrogen) atoms. The molecule has 0 aliphatic rings. The molecule has 0 saturated heterocycles. The van der Waals surface area contributed by atoms with Gasteiger partial charge >= 0.3 is 6.18 Å². The molecule has 6 heteroatoms. The van der Waals surface area contributed by atoms with E-state index in [9.17, 15) is 21.6 Å². The van der Waals surface area contributed by atoms with E-state index in [1.165, 1.54) is 0 Å². The fourth-order valence-electron chi connectivity index (χ4n) is 2.93. The van der Waals surface area contributed by atoms with Gasteiger partial charge < -0.3 is 0 Å². The zero-order valence-corrected chi connectivity index (χ0v) is 17.1. The minimum absolute atomic E-state index is 0.210. The van der Waals surface area contributed by atoms with E-state index in [2.05, 4.69) is 20.8 Å². The Morgan fingerprint density at radius 2 is 1.38 bits per heavy atom. The van der Waals surface area contributed by atoms with Gasteiger partial charge in [0.2, 0.25) is 0 Å². The third kappa shape index (κ3) is 6.93. The second kappa shape index (κ2) is 9.25. The van der Waals surface area contributed by atoms with E-state index in [-0.39, 0.29) is 16.9 Å². The van der Waals surface area contributed by atoms with Crippen molar-refractivity contribution in [3.05, 3.63) is 35.4 Å². The summed E-state index contributed by atoms with van der Waals surface area (Å²) in [5.74, 6) is 1.22. The molecule has 0 saturated carbocycles. The smallest absolute Gasteiger partial charge is 0.229 e. The van der Waals surface area contributed by atoms with Gasteiger partial charge in [0.1, 0.15) is 0 Å². The van der Waals surface area contributed by atoms with Gasteiger partial charge in [-0.05, 0) is 68.6 Å². The van der Waals surface area contributed by atoms with Crippen LogP contribution >= 0.6 is 0 Å². The molecule has 0 radical (unpaired) electrons. The summed E-state index contributed by atoms with van der Waals surface area (Å²) in [5, 5.41) is -0.345. The number of hydrogen-bond donors (Lipinski definition) is 0. The molecule has 0 aliphatic carbocycles. The SMILES string of the molecule is CC(CCc1ccc(C(F)(F)F)cc1)C(C)C(C)CCS(=O)(=O)C(C)C. The molecule has 1 aromatic carbocycles. The minimum Gasteiger partial charge on any atom is -0.229 e. The Morgan fingerprint density at radius 1 is 0.885 bits per heavy atom. The third-order valence-corrected chi connectivity index (χ3v) is 7.78. The van der Waals surface area contributed by atoms with E-state index in [1.807, 2.05) is 0 Å². The van der Waals surface area contributed by atoms with Crippen molar-refractivity contribution >= 4 is 9.84 Å². The van der Waals surface area contributed by atoms with Crippen molar-refractivity contribution < 1.29 is 21.6 Å². The van der Waals surface area contributed by atoms with Gasteiger partial charge in [-0.3, -0.25) is 0 Å². The lowest BCUT2D eigenvalue weighted by Crippen LogP contribution is -2.23. The van der Waals surface area contributed by atoms with E-state index in [0.717, 1.165) is 30.5 Å². The number of aryl methyl sites for hydroxylation is 1. The van der Waals surface area contributed by atoms with Crippen molar-refractivity contribution in [3.8, 4) is 0 Å². The van der Waals surface area contributed by atoms with Crippen molar-refractivity contribution in [2.45, 2.75) is 65.3 Å². The van der Waals surface area contributed by atoms with Gasteiger partial charge in [-0.2, -0.15) is 13.2 Å². The predicted molar refractivity (Wildman–Crippen MR) is 101 cm³/mol. The van der Waals surface area contributed by atoms with Crippen LogP contribution in [0.25, 0.3) is 0 Å². The molecule has 0 N–H and O–H groups in total. The molecule has 0 aromatic heterocycles. The van der Waals surface area contributed by atoms with Crippen LogP contribution in [0.4, 0.5) is 13.2 Å². The van der Waals surface area contributed by atoms with Crippen molar-refractivity contribution in [2.75, 3.05) is 5.75 Å². The molecule has 150 valence electrons. The van der Waals surface area contributed by atoms with Crippen molar-refractivity contribution in [1.82, 2.24) is 0 Å². The highest BCUT2D eigenvalue weighted by molar-refractivity contribution is 7.91. The van der Waals surface area contributed by atoms with Gasteiger partial charge in [0.25, 0.3) is 0 Å². The first-order valence-electron chi connectivity index (χ1n) is 9.22. The Bertz CT molecular complexity index is 649. The highest BCUT2D eigenvalue weighted by atomic mass is 32.2. The van der Waals surface area contributed by atoms with Gasteiger partial charge in [0.15, 0.2) is 9.84 Å². The highest BCUT2D eigenvalue weighted by Crippen LogP contribution is 2.30. The zero-order chi connectivity index (χ0) is 20.1. The van der Waals surface area contributed by atoms with Gasteiger partial charge in [-0.15, -0.1) is 0 Å². The molecule has 3 unspecified atom stereocenters. The van der Waals surface area contributed by atoms with Crippen molar-refractivity contribution in [3.63, 3.8) is 0 Å². The summed E-state index contributed by atoms with van der Waals surface area (Å²) in [6, 6.07) is 5.34. The van der Waals surface area contributed by atoms with E-state index in [0.29, 0.717) is 18.3 Å². The number of benzene rings is 1. The lowest BCUT2D eigenvalue weighted by atomic mass is 9.81. The maximum Gasteiger partial charge on any atom is 0.416 e. The molecule has 1 rings (SSSR count). The van der Waals surface area contributed by atoms with Crippen LogP contribution in [0.5, 0.6) is 0 Å².